The third-order valence-electron chi connectivity index (χ3n) is 13.1. The number of hydrogen-bond acceptors (Lipinski definition) is 3. The van der Waals surface area contributed by atoms with E-state index in [4.69, 9.17) is 15.0 Å². The predicted molar refractivity (Wildman–Crippen MR) is 258 cm³/mol. The Morgan fingerprint density at radius 1 is 0.290 bits per heavy atom. The van der Waals surface area contributed by atoms with Gasteiger partial charge in [0.15, 0.2) is 19.7 Å². The number of hydrogen-bond donors (Lipinski definition) is 0. The first-order valence-electron chi connectivity index (χ1n) is 21.2. The predicted octanol–water partition coefficient (Wildman–Crippen LogP) is 11.0. The molecule has 62 heavy (non-hydrogen) atoms. The van der Waals surface area contributed by atoms with E-state index in [1.165, 1.54) is 65.3 Å². The molecule has 9 aromatic carbocycles. The van der Waals surface area contributed by atoms with Crippen molar-refractivity contribution in [3.63, 3.8) is 0 Å². The Labute approximate surface area is 360 Å². The second-order valence-corrected chi connectivity index (χ2v) is 19.9. The summed E-state index contributed by atoms with van der Waals surface area (Å²) < 4.78 is 2.25. The highest BCUT2D eigenvalue weighted by atomic mass is 28.3. The minimum Gasteiger partial charge on any atom is -0.278 e. The van der Waals surface area contributed by atoms with Crippen LogP contribution in [0, 0.1) is 0 Å². The van der Waals surface area contributed by atoms with Gasteiger partial charge in [0.2, 0.25) is 5.95 Å². The molecular formula is C57H36N4Si. The van der Waals surface area contributed by atoms with Gasteiger partial charge >= 0.3 is 0 Å². The maximum absolute atomic E-state index is 5.28. The summed E-state index contributed by atoms with van der Waals surface area (Å²) in [5.41, 5.74) is 14.1. The Kier molecular flexibility index (Phi) is 7.59. The molecule has 4 heterocycles. The van der Waals surface area contributed by atoms with Gasteiger partial charge in [-0.1, -0.05) is 200 Å². The van der Waals surface area contributed by atoms with E-state index in [-0.39, 0.29) is 0 Å². The smallest absolute Gasteiger partial charge is 0.238 e. The second kappa shape index (κ2) is 13.5. The number of rotatable bonds is 3. The van der Waals surface area contributed by atoms with Crippen molar-refractivity contribution in [1.82, 2.24) is 19.5 Å². The van der Waals surface area contributed by atoms with Crippen molar-refractivity contribution >= 4 is 50.6 Å². The molecule has 2 aliphatic rings. The Balaban J connectivity index is 1.16. The quantitative estimate of drug-likeness (QED) is 0.167. The van der Waals surface area contributed by atoms with Crippen LogP contribution < -0.4 is 20.7 Å². The van der Waals surface area contributed by atoms with Gasteiger partial charge in [0.25, 0.3) is 0 Å². The maximum atomic E-state index is 5.28. The fourth-order valence-electron chi connectivity index (χ4n) is 10.6. The Morgan fingerprint density at radius 3 is 1.18 bits per heavy atom. The van der Waals surface area contributed by atoms with Crippen molar-refractivity contribution in [2.75, 3.05) is 0 Å². The molecule has 2 aliphatic heterocycles. The lowest BCUT2D eigenvalue weighted by atomic mass is 9.92. The normalized spacial score (nSPS) is 13.0. The van der Waals surface area contributed by atoms with E-state index in [9.17, 15) is 0 Å². The van der Waals surface area contributed by atoms with Crippen LogP contribution in [0.1, 0.15) is 0 Å². The molecule has 0 atom stereocenters. The van der Waals surface area contributed by atoms with Gasteiger partial charge in [-0.3, -0.25) is 4.57 Å². The molecule has 0 radical (unpaired) electrons. The molecule has 288 valence electrons. The van der Waals surface area contributed by atoms with Crippen LogP contribution in [-0.4, -0.2) is 27.6 Å². The summed E-state index contributed by atoms with van der Waals surface area (Å²) in [5.74, 6) is 1.85. The van der Waals surface area contributed by atoms with Gasteiger partial charge in [0.05, 0.1) is 11.0 Å². The van der Waals surface area contributed by atoms with Crippen LogP contribution in [0.5, 0.6) is 0 Å². The van der Waals surface area contributed by atoms with Crippen molar-refractivity contribution in [3.8, 4) is 73.2 Å². The third-order valence-corrected chi connectivity index (χ3v) is 18.1. The number of benzene rings is 9. The largest absolute Gasteiger partial charge is 0.278 e. The van der Waals surface area contributed by atoms with Gasteiger partial charge < -0.3 is 0 Å². The minimum absolute atomic E-state index is 0.585. The van der Waals surface area contributed by atoms with Crippen molar-refractivity contribution in [3.05, 3.63) is 218 Å². The number of nitrogens with zero attached hydrogens (tertiary/aromatic N) is 4. The molecule has 0 saturated carbocycles. The van der Waals surface area contributed by atoms with E-state index in [2.05, 4.69) is 187 Å². The summed E-state index contributed by atoms with van der Waals surface area (Å²) in [5, 5.41) is 7.92. The first kappa shape index (κ1) is 34.8. The van der Waals surface area contributed by atoms with Crippen LogP contribution in [-0.2, 0) is 0 Å². The lowest BCUT2D eigenvalue weighted by Gasteiger charge is -2.37. The standard InChI is InChI=1S/C57H36N4Si/c1-3-19-37(20-4-1)55-58-56(38-21-5-2-6-22-38)60-57(59-55)61-49-30-14-9-25-41(49)48-35-46-44-28-12-17-33-53(44)62(54-34-18-13-29-45(54)47(46)36-50(48)61)51-31-15-10-26-42(51)39-23-7-8-24-40(39)43-27-11-16-32-52(43)62/h1-36H. The number of para-hydroxylation sites is 1. The summed E-state index contributed by atoms with van der Waals surface area (Å²) in [6.45, 7) is 0. The Bertz CT molecular complexity index is 3470. The topological polar surface area (TPSA) is 43.6 Å². The first-order valence-corrected chi connectivity index (χ1v) is 23.2. The summed E-state index contributed by atoms with van der Waals surface area (Å²) in [6.07, 6.45) is 0. The van der Waals surface area contributed by atoms with Crippen molar-refractivity contribution in [1.29, 1.82) is 0 Å². The van der Waals surface area contributed by atoms with E-state index in [0.717, 1.165) is 32.9 Å². The number of aromatic nitrogens is 4. The monoisotopic (exact) mass is 804 g/mol. The van der Waals surface area contributed by atoms with Gasteiger partial charge in [-0.25, -0.2) is 4.98 Å². The molecule has 0 bridgehead atoms. The van der Waals surface area contributed by atoms with Crippen molar-refractivity contribution in [2.24, 2.45) is 0 Å². The average molecular weight is 805 g/mol. The fourth-order valence-corrected chi connectivity index (χ4v) is 16.2. The molecule has 0 N–H and O–H groups in total. The summed E-state index contributed by atoms with van der Waals surface area (Å²) in [7, 11) is -3.06. The van der Waals surface area contributed by atoms with Crippen LogP contribution in [0.3, 0.4) is 0 Å². The lowest BCUT2D eigenvalue weighted by molar-refractivity contribution is 0.953. The molecule has 0 fully saturated rings. The van der Waals surface area contributed by atoms with E-state index in [0.29, 0.717) is 17.6 Å². The van der Waals surface area contributed by atoms with Gasteiger partial charge in [-0.15, -0.1) is 0 Å². The summed E-state index contributed by atoms with van der Waals surface area (Å²) in [4.78, 5) is 15.6. The summed E-state index contributed by atoms with van der Waals surface area (Å²) in [6, 6.07) is 80.0. The zero-order valence-electron chi connectivity index (χ0n) is 33.6. The molecule has 0 saturated heterocycles. The van der Waals surface area contributed by atoms with E-state index in [1.54, 1.807) is 0 Å². The SMILES string of the molecule is c1ccc(-c2nc(-c3ccccc3)nc(-n3c4ccccc4c4cc5c(cc43)-c3ccccc3[Si]3(c4ccccc4-c4ccccc4-c4ccccc43)c3ccccc3-5)n2)cc1. The molecule has 5 heteroatoms. The highest BCUT2D eigenvalue weighted by molar-refractivity contribution is 7.22. The molecule has 0 amide bonds. The molecule has 13 rings (SSSR count). The molecule has 0 unspecified atom stereocenters. The van der Waals surface area contributed by atoms with Crippen LogP contribution in [0.25, 0.3) is 95.0 Å². The highest BCUT2D eigenvalue weighted by Gasteiger charge is 2.50. The minimum atomic E-state index is -3.06. The zero-order valence-corrected chi connectivity index (χ0v) is 34.6. The van der Waals surface area contributed by atoms with Gasteiger partial charge in [-0.2, -0.15) is 9.97 Å². The molecule has 0 aliphatic carbocycles. The van der Waals surface area contributed by atoms with Gasteiger partial charge in [0.1, 0.15) is 0 Å². The lowest BCUT2D eigenvalue weighted by Crippen LogP contribution is -2.75. The third kappa shape index (κ3) is 4.91. The van der Waals surface area contributed by atoms with Crippen molar-refractivity contribution < 1.29 is 0 Å². The molecule has 4 nitrogen and oxygen atoms in total. The highest BCUT2D eigenvalue weighted by Crippen LogP contribution is 2.44. The van der Waals surface area contributed by atoms with Crippen LogP contribution in [0.4, 0.5) is 0 Å². The maximum Gasteiger partial charge on any atom is 0.238 e. The van der Waals surface area contributed by atoms with E-state index >= 15 is 0 Å². The summed E-state index contributed by atoms with van der Waals surface area (Å²) >= 11 is 0. The Morgan fingerprint density at radius 2 is 0.677 bits per heavy atom. The van der Waals surface area contributed by atoms with Crippen LogP contribution in [0.2, 0.25) is 0 Å². The molecule has 1 spiro atoms. The van der Waals surface area contributed by atoms with E-state index < -0.39 is 8.07 Å². The van der Waals surface area contributed by atoms with E-state index in [1.807, 2.05) is 36.4 Å². The molecule has 2 aromatic heterocycles. The Hall–Kier alpha value is -7.99. The van der Waals surface area contributed by atoms with Gasteiger partial charge in [0, 0.05) is 21.9 Å². The van der Waals surface area contributed by atoms with Crippen LogP contribution in [0.15, 0.2) is 218 Å². The second-order valence-electron chi connectivity index (χ2n) is 16.3. The first-order chi connectivity index (χ1) is 30.8. The number of fused-ring (bicyclic) bond motifs is 17. The van der Waals surface area contributed by atoms with Crippen molar-refractivity contribution in [2.45, 2.75) is 0 Å². The van der Waals surface area contributed by atoms with Crippen LogP contribution >= 0.6 is 0 Å². The average Bonchev–Trinajstić information content (AvgIpc) is 3.57. The van der Waals surface area contributed by atoms with Gasteiger partial charge in [-0.05, 0) is 83.5 Å². The molecular weight excluding hydrogens is 769 g/mol. The fraction of sp³-hybridized carbons (Fsp3) is 0. The zero-order chi connectivity index (χ0) is 40.8. The molecule has 11 aromatic rings.